The van der Waals surface area contributed by atoms with E-state index in [1.807, 2.05) is 0 Å². The molecule has 0 saturated carbocycles. The van der Waals surface area contributed by atoms with Crippen molar-refractivity contribution in [2.45, 2.75) is 4.83 Å². The number of halogens is 5. The molecule has 0 aliphatic heterocycles. The van der Waals surface area contributed by atoms with Crippen LogP contribution in [0.5, 0.6) is 5.75 Å². The summed E-state index contributed by atoms with van der Waals surface area (Å²) >= 11 is 9.17. The molecule has 2 rings (SSSR count). The first kappa shape index (κ1) is 15.2. The molecule has 0 heterocycles. The number of alkyl halides is 1. The van der Waals surface area contributed by atoms with Gasteiger partial charge in [0.05, 0.1) is 17.0 Å². The molecule has 1 nitrogen and oxygen atoms in total. The molecule has 0 amide bonds. The van der Waals surface area contributed by atoms with Crippen molar-refractivity contribution in [1.82, 2.24) is 0 Å². The summed E-state index contributed by atoms with van der Waals surface area (Å²) in [5.41, 5.74) is 0.257. The van der Waals surface area contributed by atoms with Crippen LogP contribution in [0.3, 0.4) is 0 Å². The Hall–Kier alpha value is -1.20. The van der Waals surface area contributed by atoms with E-state index in [1.54, 1.807) is 12.1 Å². The van der Waals surface area contributed by atoms with Gasteiger partial charge in [0.1, 0.15) is 23.2 Å². The summed E-state index contributed by atoms with van der Waals surface area (Å²) in [4.78, 5) is -0.786. The van der Waals surface area contributed by atoms with Crippen molar-refractivity contribution in [3.05, 3.63) is 63.9 Å². The van der Waals surface area contributed by atoms with E-state index in [9.17, 15) is 13.2 Å². The fourth-order valence-electron chi connectivity index (χ4n) is 1.80. The van der Waals surface area contributed by atoms with Gasteiger partial charge >= 0.3 is 0 Å². The van der Waals surface area contributed by atoms with Crippen molar-refractivity contribution in [3.63, 3.8) is 0 Å². The Morgan fingerprint density at radius 1 is 1.10 bits per heavy atom. The molecule has 0 radical (unpaired) electrons. The van der Waals surface area contributed by atoms with Gasteiger partial charge in [-0.3, -0.25) is 0 Å². The van der Waals surface area contributed by atoms with Gasteiger partial charge in [0, 0.05) is 17.7 Å². The van der Waals surface area contributed by atoms with Gasteiger partial charge in [-0.2, -0.15) is 0 Å². The molecule has 1 unspecified atom stereocenters. The molecule has 1 atom stereocenters. The highest BCUT2D eigenvalue weighted by Crippen LogP contribution is 2.37. The van der Waals surface area contributed by atoms with Gasteiger partial charge in [0.2, 0.25) is 0 Å². The maximum absolute atomic E-state index is 13.7. The van der Waals surface area contributed by atoms with E-state index in [4.69, 9.17) is 16.3 Å². The SMILES string of the molecule is COc1ccc(C(Br)c2c(F)cc(F)cc2F)cc1Cl. The number of methoxy groups -OCH3 is 1. The Kier molecular flexibility index (Phi) is 4.60. The molecule has 0 aromatic heterocycles. The van der Waals surface area contributed by atoms with Crippen molar-refractivity contribution in [3.8, 4) is 5.75 Å². The quantitative estimate of drug-likeness (QED) is 0.675. The molecule has 2 aromatic carbocycles. The molecule has 6 heteroatoms. The summed E-state index contributed by atoms with van der Waals surface area (Å²) < 4.78 is 45.4. The Morgan fingerprint density at radius 3 is 2.20 bits per heavy atom. The standard InChI is InChI=1S/C14H9BrClF3O/c1-20-12-3-2-7(4-9(12)16)14(15)13-10(18)5-8(17)6-11(13)19/h2-6,14H,1H3. The Bertz CT molecular complexity index is 625. The highest BCUT2D eigenvalue weighted by molar-refractivity contribution is 9.09. The first-order valence-electron chi connectivity index (χ1n) is 5.56. The smallest absolute Gasteiger partial charge is 0.137 e. The van der Waals surface area contributed by atoms with E-state index >= 15 is 0 Å². The lowest BCUT2D eigenvalue weighted by Crippen LogP contribution is -2.02. The number of benzene rings is 2. The monoisotopic (exact) mass is 364 g/mol. The van der Waals surface area contributed by atoms with E-state index in [2.05, 4.69) is 15.9 Å². The zero-order valence-corrected chi connectivity index (χ0v) is 12.6. The summed E-state index contributed by atoms with van der Waals surface area (Å²) in [7, 11) is 1.46. The molecule has 0 N–H and O–H groups in total. The molecule has 0 saturated heterocycles. The van der Waals surface area contributed by atoms with Crippen LogP contribution in [-0.4, -0.2) is 7.11 Å². The molecule has 0 aliphatic rings. The fraction of sp³-hybridized carbons (Fsp3) is 0.143. The normalized spacial score (nSPS) is 12.3. The van der Waals surface area contributed by atoms with Gasteiger partial charge in [-0.15, -0.1) is 0 Å². The van der Waals surface area contributed by atoms with Gasteiger partial charge in [0.15, 0.2) is 0 Å². The van der Waals surface area contributed by atoms with E-state index < -0.39 is 22.3 Å². The molecule has 2 aromatic rings. The second kappa shape index (κ2) is 6.06. The van der Waals surface area contributed by atoms with Gasteiger partial charge in [0.25, 0.3) is 0 Å². The zero-order chi connectivity index (χ0) is 14.9. The van der Waals surface area contributed by atoms with Gasteiger partial charge in [-0.1, -0.05) is 33.6 Å². The lowest BCUT2D eigenvalue weighted by Gasteiger charge is -2.14. The summed E-state index contributed by atoms with van der Waals surface area (Å²) in [6, 6.07) is 6.01. The molecule has 20 heavy (non-hydrogen) atoms. The predicted molar refractivity (Wildman–Crippen MR) is 75.1 cm³/mol. The van der Waals surface area contributed by atoms with E-state index in [-0.39, 0.29) is 5.56 Å². The minimum Gasteiger partial charge on any atom is -0.495 e. The van der Waals surface area contributed by atoms with Crippen LogP contribution in [0.25, 0.3) is 0 Å². The van der Waals surface area contributed by atoms with Crippen LogP contribution in [0.4, 0.5) is 13.2 Å². The Labute approximate surface area is 127 Å². The van der Waals surface area contributed by atoms with Crippen molar-refractivity contribution >= 4 is 27.5 Å². The maximum Gasteiger partial charge on any atom is 0.137 e. The first-order valence-corrected chi connectivity index (χ1v) is 6.85. The van der Waals surface area contributed by atoms with Crippen LogP contribution in [0.2, 0.25) is 5.02 Å². The zero-order valence-electron chi connectivity index (χ0n) is 10.3. The molecule has 0 bridgehead atoms. The van der Waals surface area contributed by atoms with E-state index in [0.29, 0.717) is 28.5 Å². The number of ether oxygens (including phenoxy) is 1. The summed E-state index contributed by atoms with van der Waals surface area (Å²) in [5.74, 6) is -2.43. The second-order valence-corrected chi connectivity index (χ2v) is 5.36. The summed E-state index contributed by atoms with van der Waals surface area (Å²) in [5, 5.41) is 0.317. The average Bonchev–Trinajstić information content (AvgIpc) is 2.37. The van der Waals surface area contributed by atoms with Crippen LogP contribution in [-0.2, 0) is 0 Å². The third kappa shape index (κ3) is 2.94. The second-order valence-electron chi connectivity index (χ2n) is 4.04. The van der Waals surface area contributed by atoms with Crippen molar-refractivity contribution < 1.29 is 17.9 Å². The van der Waals surface area contributed by atoms with Crippen LogP contribution >= 0.6 is 27.5 Å². The van der Waals surface area contributed by atoms with Gasteiger partial charge in [-0.05, 0) is 17.7 Å². The molecule has 0 aliphatic carbocycles. The lowest BCUT2D eigenvalue weighted by atomic mass is 10.0. The minimum absolute atomic E-state index is 0.271. The van der Waals surface area contributed by atoms with E-state index in [1.165, 1.54) is 13.2 Å². The fourth-order valence-corrected chi connectivity index (χ4v) is 2.79. The van der Waals surface area contributed by atoms with Gasteiger partial charge in [-0.25, -0.2) is 13.2 Å². The average molecular weight is 366 g/mol. The van der Waals surface area contributed by atoms with Crippen LogP contribution in [0.1, 0.15) is 16.0 Å². The summed E-state index contributed by atoms with van der Waals surface area (Å²) in [6.45, 7) is 0. The lowest BCUT2D eigenvalue weighted by molar-refractivity contribution is 0.415. The third-order valence-corrected chi connectivity index (χ3v) is 4.05. The van der Waals surface area contributed by atoms with Crippen molar-refractivity contribution in [1.29, 1.82) is 0 Å². The summed E-state index contributed by atoms with van der Waals surface area (Å²) in [6.07, 6.45) is 0. The van der Waals surface area contributed by atoms with E-state index in [0.717, 1.165) is 0 Å². The molecular formula is C14H9BrClF3O. The first-order chi connectivity index (χ1) is 9.43. The Balaban J connectivity index is 2.46. The largest absolute Gasteiger partial charge is 0.495 e. The molecule has 0 spiro atoms. The van der Waals surface area contributed by atoms with Crippen LogP contribution < -0.4 is 4.74 Å². The minimum atomic E-state index is -0.962. The predicted octanol–water partition coefficient (Wildman–Crippen LogP) is 5.25. The van der Waals surface area contributed by atoms with Crippen molar-refractivity contribution in [2.75, 3.05) is 7.11 Å². The maximum atomic E-state index is 13.7. The highest BCUT2D eigenvalue weighted by Gasteiger charge is 2.21. The molecular weight excluding hydrogens is 357 g/mol. The number of hydrogen-bond acceptors (Lipinski definition) is 1. The highest BCUT2D eigenvalue weighted by atomic mass is 79.9. The molecule has 106 valence electrons. The number of hydrogen-bond donors (Lipinski definition) is 0. The Morgan fingerprint density at radius 2 is 1.70 bits per heavy atom. The third-order valence-electron chi connectivity index (χ3n) is 2.77. The molecule has 0 fully saturated rings. The number of rotatable bonds is 3. The topological polar surface area (TPSA) is 9.23 Å². The van der Waals surface area contributed by atoms with Gasteiger partial charge < -0.3 is 4.74 Å². The van der Waals surface area contributed by atoms with Crippen LogP contribution in [0, 0.1) is 17.5 Å². The van der Waals surface area contributed by atoms with Crippen molar-refractivity contribution in [2.24, 2.45) is 0 Å². The van der Waals surface area contributed by atoms with Crippen LogP contribution in [0.15, 0.2) is 30.3 Å².